The number of amidine groups is 1. The number of piperidine rings is 1. The summed E-state index contributed by atoms with van der Waals surface area (Å²) in [6.45, 7) is 1.54. The number of fused-ring (bicyclic) bond motifs is 1. The van der Waals surface area contributed by atoms with Crippen molar-refractivity contribution in [3.8, 4) is 0 Å². The maximum Gasteiger partial charge on any atom is 0.282 e. The van der Waals surface area contributed by atoms with Gasteiger partial charge in [-0.15, -0.1) is 0 Å². The molecular formula is C25H23ClN4O3S. The number of rotatable bonds is 4. The molecule has 0 saturated carbocycles. The van der Waals surface area contributed by atoms with Crippen LogP contribution in [0.1, 0.15) is 40.7 Å². The Morgan fingerprint density at radius 2 is 1.76 bits per heavy atom. The van der Waals surface area contributed by atoms with Gasteiger partial charge in [0.25, 0.3) is 5.91 Å². The van der Waals surface area contributed by atoms with E-state index in [1.807, 2.05) is 35.2 Å². The van der Waals surface area contributed by atoms with E-state index in [0.717, 1.165) is 30.4 Å². The molecule has 2 aliphatic rings. The predicted octanol–water partition coefficient (Wildman–Crippen LogP) is 4.52. The third kappa shape index (κ3) is 4.24. The highest BCUT2D eigenvalue weighted by Gasteiger charge is 2.30. The van der Waals surface area contributed by atoms with Gasteiger partial charge >= 0.3 is 0 Å². The monoisotopic (exact) mass is 494 g/mol. The molecule has 0 bridgehead atoms. The maximum atomic E-state index is 13.3. The molecule has 5 rings (SSSR count). The van der Waals surface area contributed by atoms with Crippen LogP contribution in [0, 0.1) is 0 Å². The second-order valence-corrected chi connectivity index (χ2v) is 10.6. The van der Waals surface area contributed by atoms with E-state index in [-0.39, 0.29) is 15.6 Å². The van der Waals surface area contributed by atoms with Gasteiger partial charge in [-0.1, -0.05) is 48.4 Å². The molecule has 1 fully saturated rings. The molecule has 0 atom stereocenters. The highest BCUT2D eigenvalue weighted by atomic mass is 35.5. The zero-order valence-electron chi connectivity index (χ0n) is 18.4. The number of sulfonamides is 1. The number of halogens is 1. The molecule has 0 radical (unpaired) electrons. The van der Waals surface area contributed by atoms with E-state index >= 15 is 0 Å². The predicted molar refractivity (Wildman–Crippen MR) is 132 cm³/mol. The van der Waals surface area contributed by atoms with Gasteiger partial charge in [0.05, 0.1) is 17.0 Å². The number of aromatic nitrogens is 1. The molecule has 1 amide bonds. The lowest BCUT2D eigenvalue weighted by Gasteiger charge is -2.26. The molecule has 0 aliphatic carbocycles. The first-order valence-electron chi connectivity index (χ1n) is 11.1. The van der Waals surface area contributed by atoms with Crippen molar-refractivity contribution in [3.05, 3.63) is 88.7 Å². The summed E-state index contributed by atoms with van der Waals surface area (Å²) in [5.41, 5.74) is 2.68. The molecule has 2 aliphatic heterocycles. The number of hydrogen-bond donors (Lipinski definition) is 0. The Bertz CT molecular complexity index is 1380. The lowest BCUT2D eigenvalue weighted by atomic mass is 10.1. The molecule has 3 heterocycles. The fraction of sp³-hybridized carbons (Fsp3) is 0.240. The number of carbonyl (C=O) groups excluding carboxylic acids is 1. The smallest absolute Gasteiger partial charge is 0.282 e. The van der Waals surface area contributed by atoms with Crippen LogP contribution in [0.5, 0.6) is 0 Å². The Morgan fingerprint density at radius 3 is 2.56 bits per heavy atom. The average Bonchev–Trinajstić information content (AvgIpc) is 3.23. The van der Waals surface area contributed by atoms with E-state index in [1.165, 1.54) is 6.20 Å². The molecule has 34 heavy (non-hydrogen) atoms. The third-order valence-corrected chi connectivity index (χ3v) is 8.32. The second-order valence-electron chi connectivity index (χ2n) is 8.29. The van der Waals surface area contributed by atoms with Crippen molar-refractivity contribution in [3.63, 3.8) is 0 Å². The van der Waals surface area contributed by atoms with Crippen molar-refractivity contribution < 1.29 is 13.2 Å². The molecule has 174 valence electrons. The molecule has 0 unspecified atom stereocenters. The third-order valence-electron chi connectivity index (χ3n) is 6.12. The number of benzene rings is 2. The van der Waals surface area contributed by atoms with Crippen molar-refractivity contribution in [1.29, 1.82) is 0 Å². The van der Waals surface area contributed by atoms with Crippen molar-refractivity contribution in [2.75, 3.05) is 18.0 Å². The molecule has 2 aromatic carbocycles. The Morgan fingerprint density at radius 1 is 0.971 bits per heavy atom. The van der Waals surface area contributed by atoms with Gasteiger partial charge in [0.15, 0.2) is 0 Å². The van der Waals surface area contributed by atoms with Crippen molar-refractivity contribution in [1.82, 2.24) is 9.29 Å². The topological polar surface area (TPSA) is 82.9 Å². The summed E-state index contributed by atoms with van der Waals surface area (Å²) in [6.07, 6.45) is 4.30. The van der Waals surface area contributed by atoms with Crippen LogP contribution in [0.25, 0.3) is 0 Å². The first-order chi connectivity index (χ1) is 16.4. The van der Waals surface area contributed by atoms with Crippen LogP contribution in [0.4, 0.5) is 5.69 Å². The number of pyridine rings is 1. The summed E-state index contributed by atoms with van der Waals surface area (Å²) >= 11 is 6.12. The van der Waals surface area contributed by atoms with Crippen LogP contribution in [-0.2, 0) is 16.6 Å². The van der Waals surface area contributed by atoms with Gasteiger partial charge in [-0.3, -0.25) is 4.79 Å². The van der Waals surface area contributed by atoms with Crippen LogP contribution in [0.15, 0.2) is 76.7 Å². The van der Waals surface area contributed by atoms with Crippen molar-refractivity contribution in [2.45, 2.75) is 30.7 Å². The minimum absolute atomic E-state index is 0.0873. The first kappa shape index (κ1) is 22.7. The quantitative estimate of drug-likeness (QED) is 0.498. The van der Waals surface area contributed by atoms with Gasteiger partial charge in [0.1, 0.15) is 11.0 Å². The summed E-state index contributed by atoms with van der Waals surface area (Å²) in [4.78, 5) is 23.5. The second kappa shape index (κ2) is 9.29. The number of hydrogen-bond acceptors (Lipinski definition) is 4. The molecule has 1 saturated heterocycles. The zero-order chi connectivity index (χ0) is 23.7. The Balaban J connectivity index is 1.55. The number of carbonyl (C=O) groups is 1. The number of aliphatic imine (C=N–C) groups is 1. The van der Waals surface area contributed by atoms with Gasteiger partial charge in [-0.2, -0.15) is 9.30 Å². The van der Waals surface area contributed by atoms with Crippen LogP contribution >= 0.6 is 11.6 Å². The van der Waals surface area contributed by atoms with Crippen LogP contribution in [-0.4, -0.2) is 42.5 Å². The molecule has 3 aromatic rings. The van der Waals surface area contributed by atoms with Crippen molar-refractivity contribution >= 4 is 39.1 Å². The van der Waals surface area contributed by atoms with E-state index in [0.29, 0.717) is 31.2 Å². The minimum atomic E-state index is -3.60. The fourth-order valence-corrected chi connectivity index (χ4v) is 6.13. The molecule has 7 nitrogen and oxygen atoms in total. The Kier molecular flexibility index (Phi) is 6.20. The SMILES string of the molecule is O=C(N=C1c2ccccc2CN1c1cccc(S(=O)(=O)N2CCCCC2)c1)c1cccnc1Cl. The van der Waals surface area contributed by atoms with Crippen molar-refractivity contribution in [2.24, 2.45) is 4.99 Å². The highest BCUT2D eigenvalue weighted by molar-refractivity contribution is 7.89. The van der Waals surface area contributed by atoms with E-state index in [4.69, 9.17) is 11.6 Å². The lowest BCUT2D eigenvalue weighted by Crippen LogP contribution is -2.35. The van der Waals surface area contributed by atoms with Gasteiger partial charge in [0.2, 0.25) is 10.0 Å². The zero-order valence-corrected chi connectivity index (χ0v) is 20.0. The van der Waals surface area contributed by atoms with E-state index in [1.54, 1.807) is 34.6 Å². The molecule has 0 spiro atoms. The summed E-state index contributed by atoms with van der Waals surface area (Å²) in [6, 6.07) is 17.7. The fourth-order valence-electron chi connectivity index (χ4n) is 4.37. The van der Waals surface area contributed by atoms with Crippen LogP contribution in [0.2, 0.25) is 5.15 Å². The summed E-state index contributed by atoms with van der Waals surface area (Å²) in [5, 5.41) is 0.0873. The molecule has 0 N–H and O–H groups in total. The average molecular weight is 495 g/mol. The summed E-state index contributed by atoms with van der Waals surface area (Å²) in [7, 11) is -3.60. The van der Waals surface area contributed by atoms with E-state index < -0.39 is 15.9 Å². The number of nitrogens with zero attached hydrogens (tertiary/aromatic N) is 4. The number of anilines is 1. The molecule has 1 aromatic heterocycles. The highest BCUT2D eigenvalue weighted by Crippen LogP contribution is 2.32. The normalized spacial score (nSPS) is 17.7. The summed E-state index contributed by atoms with van der Waals surface area (Å²) < 4.78 is 28.1. The van der Waals surface area contributed by atoms with Crippen LogP contribution in [0.3, 0.4) is 0 Å². The molecule has 9 heteroatoms. The molecular weight excluding hydrogens is 472 g/mol. The Hall–Kier alpha value is -3.07. The Labute approximate surface area is 203 Å². The minimum Gasteiger partial charge on any atom is -0.321 e. The largest absolute Gasteiger partial charge is 0.321 e. The van der Waals surface area contributed by atoms with Crippen LogP contribution < -0.4 is 4.90 Å². The van der Waals surface area contributed by atoms with Gasteiger partial charge in [-0.05, 0) is 48.7 Å². The number of amides is 1. The van der Waals surface area contributed by atoms with Gasteiger partial charge < -0.3 is 4.90 Å². The lowest BCUT2D eigenvalue weighted by molar-refractivity contribution is 0.100. The first-order valence-corrected chi connectivity index (χ1v) is 13.0. The van der Waals surface area contributed by atoms with Gasteiger partial charge in [0, 0.05) is 30.5 Å². The standard InChI is InChI=1S/C25H23ClN4O3S/c26-23-22(12-7-13-27-23)25(31)28-24-21-11-3-2-8-18(21)17-30(24)19-9-6-10-20(16-19)34(32,33)29-14-4-1-5-15-29/h2-3,6-13,16H,1,4-5,14-15,17H2. The van der Waals surface area contributed by atoms with Gasteiger partial charge in [-0.25, -0.2) is 13.4 Å². The van der Waals surface area contributed by atoms with E-state index in [2.05, 4.69) is 9.98 Å². The summed E-state index contributed by atoms with van der Waals surface area (Å²) in [5.74, 6) is -0.0556. The van der Waals surface area contributed by atoms with E-state index in [9.17, 15) is 13.2 Å². The maximum absolute atomic E-state index is 13.3.